The lowest BCUT2D eigenvalue weighted by Crippen LogP contribution is -2.46. The number of ketones is 1. The number of anilines is 1. The highest BCUT2D eigenvalue weighted by Gasteiger charge is 2.20. The molecule has 0 atom stereocenters. The normalized spacial score (nSPS) is 15.2. The SMILES string of the molecule is COCCC(=O)c1ccc2ccc(N3CCN(Cc4cccnc4)CC3)n2c1. The molecule has 0 saturated carbocycles. The van der Waals surface area contributed by atoms with Gasteiger partial charge >= 0.3 is 0 Å². The van der Waals surface area contributed by atoms with Gasteiger partial charge in [-0.25, -0.2) is 0 Å². The van der Waals surface area contributed by atoms with Crippen molar-refractivity contribution in [3.63, 3.8) is 0 Å². The molecule has 0 bridgehead atoms. The fourth-order valence-corrected chi connectivity index (χ4v) is 3.73. The Balaban J connectivity index is 1.45. The third-order valence-electron chi connectivity index (χ3n) is 5.31. The van der Waals surface area contributed by atoms with Gasteiger partial charge in [-0.3, -0.25) is 14.7 Å². The number of piperazine rings is 1. The maximum atomic E-state index is 12.4. The molecule has 0 N–H and O–H groups in total. The average molecular weight is 378 g/mol. The molecular weight excluding hydrogens is 352 g/mol. The van der Waals surface area contributed by atoms with Gasteiger partial charge in [0, 0.05) is 75.9 Å². The Kier molecular flexibility index (Phi) is 5.69. The number of nitrogens with zero attached hydrogens (tertiary/aromatic N) is 4. The van der Waals surface area contributed by atoms with Crippen molar-refractivity contribution >= 4 is 17.1 Å². The van der Waals surface area contributed by atoms with Crippen molar-refractivity contribution in [1.82, 2.24) is 14.3 Å². The van der Waals surface area contributed by atoms with Crippen LogP contribution in [-0.4, -0.2) is 60.0 Å². The van der Waals surface area contributed by atoms with Gasteiger partial charge in [-0.15, -0.1) is 0 Å². The molecule has 6 heteroatoms. The van der Waals surface area contributed by atoms with Crippen LogP contribution in [0.1, 0.15) is 22.3 Å². The fraction of sp³-hybridized carbons (Fsp3) is 0.364. The molecule has 0 aliphatic carbocycles. The van der Waals surface area contributed by atoms with Gasteiger partial charge in [0.05, 0.1) is 6.61 Å². The zero-order chi connectivity index (χ0) is 19.3. The van der Waals surface area contributed by atoms with E-state index in [1.165, 1.54) is 5.56 Å². The topological polar surface area (TPSA) is 50.1 Å². The van der Waals surface area contributed by atoms with Crippen molar-refractivity contribution in [2.24, 2.45) is 0 Å². The number of aromatic nitrogens is 2. The summed E-state index contributed by atoms with van der Waals surface area (Å²) in [5.74, 6) is 1.27. The van der Waals surface area contributed by atoms with Crippen LogP contribution < -0.4 is 4.90 Å². The van der Waals surface area contributed by atoms with E-state index in [1.807, 2.05) is 36.8 Å². The van der Waals surface area contributed by atoms with Crippen molar-refractivity contribution < 1.29 is 9.53 Å². The highest BCUT2D eigenvalue weighted by Crippen LogP contribution is 2.22. The number of hydrogen-bond acceptors (Lipinski definition) is 5. The summed E-state index contributed by atoms with van der Waals surface area (Å²) < 4.78 is 7.17. The molecule has 6 nitrogen and oxygen atoms in total. The molecular formula is C22H26N4O2. The Morgan fingerprint density at radius 3 is 2.68 bits per heavy atom. The highest BCUT2D eigenvalue weighted by atomic mass is 16.5. The van der Waals surface area contributed by atoms with Crippen molar-refractivity contribution in [3.05, 3.63) is 66.1 Å². The summed E-state index contributed by atoms with van der Waals surface area (Å²) in [6, 6.07) is 12.3. The lowest BCUT2D eigenvalue weighted by Gasteiger charge is -2.35. The van der Waals surface area contributed by atoms with Gasteiger partial charge in [0.25, 0.3) is 0 Å². The van der Waals surface area contributed by atoms with E-state index in [4.69, 9.17) is 4.74 Å². The summed E-state index contributed by atoms with van der Waals surface area (Å²) in [4.78, 5) is 21.4. The van der Waals surface area contributed by atoms with Crippen LogP contribution >= 0.6 is 0 Å². The molecule has 4 heterocycles. The molecule has 0 radical (unpaired) electrons. The van der Waals surface area contributed by atoms with Crippen LogP contribution in [0.25, 0.3) is 5.52 Å². The van der Waals surface area contributed by atoms with Crippen LogP contribution in [0.15, 0.2) is 55.0 Å². The minimum absolute atomic E-state index is 0.115. The second-order valence-corrected chi connectivity index (χ2v) is 7.19. The number of carbonyl (C=O) groups is 1. The monoisotopic (exact) mass is 378 g/mol. The minimum Gasteiger partial charge on any atom is -0.384 e. The summed E-state index contributed by atoms with van der Waals surface area (Å²) in [5, 5.41) is 0. The van der Waals surface area contributed by atoms with Crippen molar-refractivity contribution in [3.8, 4) is 0 Å². The Morgan fingerprint density at radius 2 is 1.93 bits per heavy atom. The van der Waals surface area contributed by atoms with Gasteiger partial charge in [-0.05, 0) is 35.9 Å². The molecule has 1 saturated heterocycles. The van der Waals surface area contributed by atoms with E-state index in [0.717, 1.165) is 49.6 Å². The second kappa shape index (κ2) is 8.54. The number of fused-ring (bicyclic) bond motifs is 1. The maximum absolute atomic E-state index is 12.4. The zero-order valence-corrected chi connectivity index (χ0v) is 16.3. The molecule has 28 heavy (non-hydrogen) atoms. The predicted octanol–water partition coefficient (Wildman–Crippen LogP) is 2.88. The van der Waals surface area contributed by atoms with Gasteiger partial charge in [-0.2, -0.15) is 0 Å². The fourth-order valence-electron chi connectivity index (χ4n) is 3.73. The molecule has 1 aliphatic heterocycles. The number of carbonyl (C=O) groups excluding carboxylic acids is 1. The number of pyridine rings is 2. The maximum Gasteiger partial charge on any atom is 0.166 e. The highest BCUT2D eigenvalue weighted by molar-refractivity contribution is 5.96. The largest absolute Gasteiger partial charge is 0.384 e. The molecule has 0 unspecified atom stereocenters. The van der Waals surface area contributed by atoms with E-state index in [-0.39, 0.29) is 5.78 Å². The van der Waals surface area contributed by atoms with Crippen LogP contribution in [0.5, 0.6) is 0 Å². The number of hydrogen-bond donors (Lipinski definition) is 0. The van der Waals surface area contributed by atoms with Crippen molar-refractivity contribution in [2.45, 2.75) is 13.0 Å². The first kappa shape index (κ1) is 18.7. The van der Waals surface area contributed by atoms with Crippen LogP contribution in [0.4, 0.5) is 5.82 Å². The molecule has 1 fully saturated rings. The number of rotatable bonds is 7. The minimum atomic E-state index is 0.115. The molecule has 3 aromatic rings. The molecule has 0 amide bonds. The Hall–Kier alpha value is -2.70. The van der Waals surface area contributed by atoms with E-state index in [0.29, 0.717) is 13.0 Å². The third-order valence-corrected chi connectivity index (χ3v) is 5.31. The van der Waals surface area contributed by atoms with Crippen LogP contribution in [0.3, 0.4) is 0 Å². The summed E-state index contributed by atoms with van der Waals surface area (Å²) in [7, 11) is 1.62. The molecule has 1 aliphatic rings. The van der Waals surface area contributed by atoms with Crippen LogP contribution in [0.2, 0.25) is 0 Å². The zero-order valence-electron chi connectivity index (χ0n) is 16.3. The smallest absolute Gasteiger partial charge is 0.166 e. The Bertz CT molecular complexity index is 930. The molecule has 146 valence electrons. The van der Waals surface area contributed by atoms with Gasteiger partial charge in [0.2, 0.25) is 0 Å². The van der Waals surface area contributed by atoms with E-state index in [9.17, 15) is 4.79 Å². The molecule has 0 aromatic carbocycles. The van der Waals surface area contributed by atoms with Crippen molar-refractivity contribution in [2.75, 3.05) is 44.8 Å². The van der Waals surface area contributed by atoms with Crippen LogP contribution in [-0.2, 0) is 11.3 Å². The lowest BCUT2D eigenvalue weighted by molar-refractivity contribution is 0.0932. The summed E-state index contributed by atoms with van der Waals surface area (Å²) in [6.07, 6.45) is 6.12. The standard InChI is InChI=1S/C22H26N4O2/c1-28-14-8-21(27)19-4-5-20-6-7-22(26(20)17-19)25-12-10-24(11-13-25)16-18-3-2-9-23-15-18/h2-7,9,15,17H,8,10-14,16H2,1H3. The number of methoxy groups -OCH3 is 1. The molecule has 3 aromatic heterocycles. The summed E-state index contributed by atoms with van der Waals surface area (Å²) >= 11 is 0. The Labute approximate surface area is 165 Å². The first-order valence-corrected chi connectivity index (χ1v) is 9.74. The molecule has 4 rings (SSSR count). The number of ether oxygens (including phenoxy) is 1. The van der Waals surface area contributed by atoms with E-state index in [2.05, 4.69) is 37.4 Å². The van der Waals surface area contributed by atoms with E-state index < -0.39 is 0 Å². The predicted molar refractivity (Wildman–Crippen MR) is 110 cm³/mol. The summed E-state index contributed by atoms with van der Waals surface area (Å²) in [6.45, 7) is 5.34. The molecule has 0 spiro atoms. The van der Waals surface area contributed by atoms with Gasteiger partial charge in [-0.1, -0.05) is 6.07 Å². The first-order chi connectivity index (χ1) is 13.7. The average Bonchev–Trinajstić information content (AvgIpc) is 3.16. The van der Waals surface area contributed by atoms with Gasteiger partial charge in [0.1, 0.15) is 5.82 Å². The third kappa shape index (κ3) is 4.08. The van der Waals surface area contributed by atoms with Gasteiger partial charge in [0.15, 0.2) is 5.78 Å². The first-order valence-electron chi connectivity index (χ1n) is 9.74. The van der Waals surface area contributed by atoms with Crippen LogP contribution in [0, 0.1) is 0 Å². The van der Waals surface area contributed by atoms with E-state index >= 15 is 0 Å². The van der Waals surface area contributed by atoms with Crippen molar-refractivity contribution in [1.29, 1.82) is 0 Å². The number of Topliss-reactive ketones (excluding diaryl/α,β-unsaturated/α-hetero) is 1. The Morgan fingerprint density at radius 1 is 1.11 bits per heavy atom. The lowest BCUT2D eigenvalue weighted by atomic mass is 10.1. The summed E-state index contributed by atoms with van der Waals surface area (Å²) in [5.41, 5.74) is 3.09. The van der Waals surface area contributed by atoms with E-state index in [1.54, 1.807) is 7.11 Å². The quantitative estimate of drug-likeness (QED) is 0.592. The second-order valence-electron chi connectivity index (χ2n) is 7.19. The van der Waals surface area contributed by atoms with Gasteiger partial charge < -0.3 is 14.0 Å².